The Morgan fingerprint density at radius 3 is 2.49 bits per heavy atom. The van der Waals surface area contributed by atoms with Gasteiger partial charge in [-0.15, -0.1) is 0 Å². The van der Waals surface area contributed by atoms with Crippen LogP contribution in [0.1, 0.15) is 43.9 Å². The Morgan fingerprint density at radius 2 is 1.91 bits per heavy atom. The van der Waals surface area contributed by atoms with Gasteiger partial charge < -0.3 is 15.3 Å². The molecule has 3 N–H and O–H groups in total. The van der Waals surface area contributed by atoms with Crippen LogP contribution >= 0.6 is 0 Å². The largest absolute Gasteiger partial charge is 0.481 e. The summed E-state index contributed by atoms with van der Waals surface area (Å²) < 4.78 is 15.2. The fourth-order valence-corrected chi connectivity index (χ4v) is 3.59. The van der Waals surface area contributed by atoms with E-state index in [-0.39, 0.29) is 18.2 Å². The quantitative estimate of drug-likeness (QED) is 0.395. The molecular weight excluding hydrogens is 457 g/mol. The predicted octanol–water partition coefficient (Wildman–Crippen LogP) is 2.90. The topological polar surface area (TPSA) is 137 Å². The molecule has 0 amide bonds. The van der Waals surface area contributed by atoms with Gasteiger partial charge >= 0.3 is 5.97 Å². The lowest BCUT2D eigenvalue weighted by atomic mass is 9.98. The predicted molar refractivity (Wildman–Crippen MR) is 128 cm³/mol. The van der Waals surface area contributed by atoms with E-state index in [4.69, 9.17) is 15.1 Å². The second-order valence-electron chi connectivity index (χ2n) is 8.49. The van der Waals surface area contributed by atoms with Gasteiger partial charge in [0, 0.05) is 31.6 Å². The maximum Gasteiger partial charge on any atom is 0.305 e. The van der Waals surface area contributed by atoms with Crippen LogP contribution in [0, 0.1) is 5.82 Å². The standard InChI is InChI=1S/C24H29FN6O4/c1-14(2)21-19(10-9-17(32)11-18(33)12-20(34)35)22(15-5-7-16(25)8-6-15)29-23(28-21)30(3)24-26-13-27-31(24)4/h5-10,13-14,17-18,32-33H,11-12H2,1-4H3,(H,34,35)/b10-9+/t17-,18-/m1/s1/i23+2. The van der Waals surface area contributed by atoms with Gasteiger partial charge in [0.15, 0.2) is 0 Å². The lowest BCUT2D eigenvalue weighted by Crippen LogP contribution is -2.20. The Balaban J connectivity index is 2.09. The molecule has 1 aromatic carbocycles. The number of aliphatic hydroxyl groups is 2. The summed E-state index contributed by atoms with van der Waals surface area (Å²) in [6, 6.07) is 5.89. The maximum absolute atomic E-state index is 13.6. The van der Waals surface area contributed by atoms with Gasteiger partial charge in [-0.05, 0) is 30.2 Å². The lowest BCUT2D eigenvalue weighted by Gasteiger charge is -2.21. The van der Waals surface area contributed by atoms with Crippen molar-refractivity contribution in [2.24, 2.45) is 7.05 Å². The van der Waals surface area contributed by atoms with Crippen molar-refractivity contribution in [1.29, 1.82) is 0 Å². The number of benzene rings is 1. The summed E-state index contributed by atoms with van der Waals surface area (Å²) in [5, 5.41) is 33.1. The molecule has 2 heterocycles. The summed E-state index contributed by atoms with van der Waals surface area (Å²) >= 11 is 0. The summed E-state index contributed by atoms with van der Waals surface area (Å²) in [7, 11) is 3.52. The summed E-state index contributed by atoms with van der Waals surface area (Å²) in [5.41, 5.74) is 2.46. The smallest absolute Gasteiger partial charge is 0.305 e. The molecule has 2 atom stereocenters. The molecule has 0 aliphatic carbocycles. The van der Waals surface area contributed by atoms with Crippen molar-refractivity contribution in [3.05, 3.63) is 53.7 Å². The first kappa shape index (κ1) is 25.9. The van der Waals surface area contributed by atoms with E-state index in [9.17, 15) is 19.4 Å². The number of carbonyl (C=O) groups is 1. The first-order valence-electron chi connectivity index (χ1n) is 11.1. The average Bonchev–Trinajstić information content (AvgIpc) is 3.22. The van der Waals surface area contributed by atoms with E-state index in [2.05, 4.69) is 10.1 Å². The molecule has 186 valence electrons. The number of carboxylic acid groups (broad SMARTS) is 1. The minimum absolute atomic E-state index is 0.0433. The van der Waals surface area contributed by atoms with Crippen molar-refractivity contribution >= 4 is 23.9 Å². The molecule has 0 radical (unpaired) electrons. The molecule has 0 bridgehead atoms. The van der Waals surface area contributed by atoms with Crippen molar-refractivity contribution < 1.29 is 24.5 Å². The van der Waals surface area contributed by atoms with Crippen LogP contribution in [-0.4, -0.2) is 65.3 Å². The third-order valence-corrected chi connectivity index (χ3v) is 5.32. The van der Waals surface area contributed by atoms with E-state index in [1.165, 1.54) is 24.5 Å². The Morgan fingerprint density at radius 1 is 1.23 bits per heavy atom. The highest BCUT2D eigenvalue weighted by Crippen LogP contribution is 2.32. The molecule has 0 unspecified atom stereocenters. The third kappa shape index (κ3) is 6.46. The first-order valence-corrected chi connectivity index (χ1v) is 11.1. The highest BCUT2D eigenvalue weighted by molar-refractivity contribution is 5.75. The number of carboxylic acids is 1. The van der Waals surface area contributed by atoms with Gasteiger partial charge in [-0.3, -0.25) is 9.69 Å². The van der Waals surface area contributed by atoms with E-state index in [1.807, 2.05) is 13.8 Å². The van der Waals surface area contributed by atoms with Crippen LogP contribution < -0.4 is 4.90 Å². The molecule has 0 saturated carbocycles. The zero-order valence-electron chi connectivity index (χ0n) is 20.0. The van der Waals surface area contributed by atoms with Crippen molar-refractivity contribution in [3.63, 3.8) is 0 Å². The number of nitrogens with zero attached hydrogens (tertiary/aromatic N) is 6. The van der Waals surface area contributed by atoms with Crippen molar-refractivity contribution in [2.75, 3.05) is 11.9 Å². The number of aliphatic hydroxyl groups excluding tert-OH is 2. The summed E-state index contributed by atoms with van der Waals surface area (Å²) in [5.74, 6) is -0.693. The lowest BCUT2D eigenvalue weighted by molar-refractivity contribution is -0.139. The normalized spacial score (nSPS) is 13.4. The Labute approximate surface area is 202 Å². The Hall–Kier alpha value is -3.70. The maximum atomic E-state index is 13.6. The summed E-state index contributed by atoms with van der Waals surface area (Å²) in [4.78, 5) is 26.2. The number of aromatic nitrogens is 5. The molecule has 3 rings (SSSR count). The van der Waals surface area contributed by atoms with Gasteiger partial charge in [0.25, 0.3) is 0 Å². The second-order valence-corrected chi connectivity index (χ2v) is 8.49. The molecule has 0 saturated heterocycles. The van der Waals surface area contributed by atoms with Gasteiger partial charge in [-0.2, -0.15) is 10.1 Å². The van der Waals surface area contributed by atoms with Crippen LogP contribution in [-0.2, 0) is 11.8 Å². The Bertz CT molecular complexity index is 1200. The second kappa shape index (κ2) is 11.2. The fraction of sp³-hybridized carbons (Fsp3) is 0.375. The number of hydrogen-bond acceptors (Lipinski definition) is 8. The molecule has 3 aromatic rings. The van der Waals surface area contributed by atoms with Crippen LogP contribution in [0.15, 0.2) is 36.7 Å². The average molecular weight is 487 g/mol. The fourth-order valence-electron chi connectivity index (χ4n) is 3.59. The van der Waals surface area contributed by atoms with Crippen LogP contribution in [0.4, 0.5) is 16.3 Å². The zero-order valence-corrected chi connectivity index (χ0v) is 20.0. The molecular formula is C24H29FN6O4. The number of rotatable bonds is 10. The summed E-state index contributed by atoms with van der Waals surface area (Å²) in [6.45, 7) is 3.93. The minimum atomic E-state index is -1.19. The SMILES string of the molecule is CC(C)c1n[14c](N(C)c2ncnn2C)nc(-c2ccc(F)cc2)c1/C=C/[C@@H](O)C[C@@H](O)CC(=O)O. The molecule has 2 aromatic heterocycles. The first-order chi connectivity index (χ1) is 16.6. The van der Waals surface area contributed by atoms with E-state index >= 15 is 0 Å². The highest BCUT2D eigenvalue weighted by Gasteiger charge is 2.21. The van der Waals surface area contributed by atoms with Gasteiger partial charge in [0.05, 0.1) is 30.0 Å². The van der Waals surface area contributed by atoms with Crippen molar-refractivity contribution in [1.82, 2.24) is 24.7 Å². The van der Waals surface area contributed by atoms with Crippen LogP contribution in [0.2, 0.25) is 0 Å². The zero-order chi connectivity index (χ0) is 25.7. The van der Waals surface area contributed by atoms with Crippen molar-refractivity contribution in [2.45, 2.75) is 44.8 Å². The van der Waals surface area contributed by atoms with Gasteiger partial charge in [-0.25, -0.2) is 19.0 Å². The minimum Gasteiger partial charge on any atom is -0.481 e. The molecule has 0 spiro atoms. The van der Waals surface area contributed by atoms with Crippen LogP contribution in [0.25, 0.3) is 17.3 Å². The van der Waals surface area contributed by atoms with Crippen LogP contribution in [0.5, 0.6) is 0 Å². The van der Waals surface area contributed by atoms with E-state index < -0.39 is 24.6 Å². The Kier molecular flexibility index (Phi) is 8.26. The number of anilines is 2. The number of halogens is 1. The molecule has 35 heavy (non-hydrogen) atoms. The van der Waals surface area contributed by atoms with Gasteiger partial charge in [0.2, 0.25) is 11.9 Å². The van der Waals surface area contributed by atoms with Gasteiger partial charge in [0.1, 0.15) is 12.1 Å². The molecule has 11 heteroatoms. The van der Waals surface area contributed by atoms with E-state index in [1.54, 1.807) is 41.9 Å². The van der Waals surface area contributed by atoms with E-state index in [0.29, 0.717) is 34.4 Å². The highest BCUT2D eigenvalue weighted by atomic mass is 19.1. The van der Waals surface area contributed by atoms with E-state index in [0.717, 1.165) is 0 Å². The van der Waals surface area contributed by atoms with Crippen LogP contribution in [0.3, 0.4) is 0 Å². The molecule has 10 nitrogen and oxygen atoms in total. The van der Waals surface area contributed by atoms with Gasteiger partial charge in [-0.1, -0.05) is 26.0 Å². The number of aliphatic carboxylic acids is 1. The number of hydrogen-bond donors (Lipinski definition) is 3. The third-order valence-electron chi connectivity index (χ3n) is 5.32. The number of aryl methyl sites for hydroxylation is 1. The molecule has 0 fully saturated rings. The monoisotopic (exact) mass is 486 g/mol. The molecule has 0 aliphatic heterocycles. The van der Waals surface area contributed by atoms with Crippen molar-refractivity contribution in [3.8, 4) is 11.3 Å². The summed E-state index contributed by atoms with van der Waals surface area (Å²) in [6.07, 6.45) is 1.66. The molecule has 0 aliphatic rings.